The van der Waals surface area contributed by atoms with Crippen molar-refractivity contribution in [3.05, 3.63) is 45.5 Å². The maximum atomic E-state index is 12.0. The number of hydrogen-bond acceptors (Lipinski definition) is 6. The average Bonchev–Trinajstić information content (AvgIpc) is 3.16. The summed E-state index contributed by atoms with van der Waals surface area (Å²) in [5.74, 6) is 0.939. The lowest BCUT2D eigenvalue weighted by molar-refractivity contribution is -0.119. The fraction of sp³-hybridized carbons (Fsp3) is 0.333. The zero-order chi connectivity index (χ0) is 22.6. The molecular weight excluding hydrogens is 535 g/mol. The van der Waals surface area contributed by atoms with Gasteiger partial charge in [0.1, 0.15) is 11.5 Å². The van der Waals surface area contributed by atoms with Crippen molar-refractivity contribution >= 4 is 50.1 Å². The highest BCUT2D eigenvalue weighted by Crippen LogP contribution is 2.38. The van der Waals surface area contributed by atoms with Crippen LogP contribution in [0.2, 0.25) is 0 Å². The maximum absolute atomic E-state index is 12.0. The van der Waals surface area contributed by atoms with Crippen LogP contribution in [0.4, 0.5) is 10.5 Å². The molecule has 1 aliphatic heterocycles. The number of anilines is 1. The van der Waals surface area contributed by atoms with Crippen LogP contribution in [0.3, 0.4) is 0 Å². The van der Waals surface area contributed by atoms with E-state index in [0.29, 0.717) is 35.6 Å². The molecule has 0 aromatic heterocycles. The van der Waals surface area contributed by atoms with E-state index >= 15 is 0 Å². The highest BCUT2D eigenvalue weighted by molar-refractivity contribution is 14.1. The van der Waals surface area contributed by atoms with E-state index in [2.05, 4.69) is 33.2 Å². The monoisotopic (exact) mass is 558 g/mol. The Morgan fingerprint density at radius 3 is 2.52 bits per heavy atom. The van der Waals surface area contributed by atoms with Gasteiger partial charge in [-0.1, -0.05) is 6.92 Å². The van der Waals surface area contributed by atoms with Gasteiger partial charge < -0.3 is 14.8 Å². The number of nitrogens with one attached hydrogen (secondary N) is 2. The molecule has 1 aliphatic rings. The van der Waals surface area contributed by atoms with Gasteiger partial charge in [0.25, 0.3) is 0 Å². The van der Waals surface area contributed by atoms with Gasteiger partial charge in [-0.15, -0.1) is 0 Å². The number of rotatable bonds is 7. The molecular formula is C21H23IN2O6S. The highest BCUT2D eigenvalue weighted by atomic mass is 127. The van der Waals surface area contributed by atoms with Gasteiger partial charge in [0.2, 0.25) is 5.91 Å². The van der Waals surface area contributed by atoms with E-state index in [0.717, 1.165) is 3.57 Å². The minimum atomic E-state index is -3.30. The summed E-state index contributed by atoms with van der Waals surface area (Å²) in [5.41, 5.74) is 1.26. The van der Waals surface area contributed by atoms with Crippen LogP contribution in [0.15, 0.2) is 41.3 Å². The van der Waals surface area contributed by atoms with E-state index in [1.165, 1.54) is 12.1 Å². The maximum Gasteiger partial charge on any atom is 0.411 e. The van der Waals surface area contributed by atoms with Crippen LogP contribution in [0.1, 0.15) is 38.3 Å². The van der Waals surface area contributed by atoms with Gasteiger partial charge in [-0.05, 0) is 72.3 Å². The van der Waals surface area contributed by atoms with Crippen LogP contribution in [0, 0.1) is 3.57 Å². The largest absolute Gasteiger partial charge is 0.457 e. The Morgan fingerprint density at radius 2 is 1.94 bits per heavy atom. The predicted molar refractivity (Wildman–Crippen MR) is 124 cm³/mol. The third-order valence-electron chi connectivity index (χ3n) is 4.77. The molecule has 31 heavy (non-hydrogen) atoms. The molecule has 1 saturated heterocycles. The summed E-state index contributed by atoms with van der Waals surface area (Å²) in [7, 11) is -3.30. The van der Waals surface area contributed by atoms with Crippen molar-refractivity contribution in [3.63, 3.8) is 0 Å². The van der Waals surface area contributed by atoms with Crippen molar-refractivity contribution in [2.75, 3.05) is 17.7 Å². The average molecular weight is 558 g/mol. The van der Waals surface area contributed by atoms with Gasteiger partial charge in [-0.25, -0.2) is 13.2 Å². The first-order valence-corrected chi connectivity index (χ1v) is 12.5. The Morgan fingerprint density at radius 1 is 1.23 bits per heavy atom. The second kappa shape index (κ2) is 9.86. The van der Waals surface area contributed by atoms with Crippen molar-refractivity contribution in [3.8, 4) is 11.5 Å². The van der Waals surface area contributed by atoms with E-state index in [9.17, 15) is 18.0 Å². The third kappa shape index (κ3) is 5.67. The van der Waals surface area contributed by atoms with Gasteiger partial charge in [0, 0.05) is 15.6 Å². The lowest BCUT2D eigenvalue weighted by Gasteiger charge is -2.19. The number of ether oxygens (including phenoxy) is 2. The van der Waals surface area contributed by atoms with Crippen LogP contribution >= 0.6 is 22.6 Å². The number of sulfone groups is 1. The molecule has 1 atom stereocenters. The molecule has 2 aromatic carbocycles. The smallest absolute Gasteiger partial charge is 0.411 e. The first kappa shape index (κ1) is 23.3. The van der Waals surface area contributed by atoms with Crippen molar-refractivity contribution in [1.82, 2.24) is 5.32 Å². The Bertz CT molecular complexity index is 1090. The molecule has 0 radical (unpaired) electrons. The summed E-state index contributed by atoms with van der Waals surface area (Å²) < 4.78 is 35.8. The second-order valence-electron chi connectivity index (χ2n) is 6.85. The number of amides is 2. The van der Waals surface area contributed by atoms with E-state index in [-0.39, 0.29) is 29.2 Å². The van der Waals surface area contributed by atoms with E-state index < -0.39 is 15.9 Å². The summed E-state index contributed by atoms with van der Waals surface area (Å²) in [6, 6.07) is 9.47. The van der Waals surface area contributed by atoms with Gasteiger partial charge >= 0.3 is 6.09 Å². The molecule has 0 aliphatic carbocycles. The summed E-state index contributed by atoms with van der Waals surface area (Å²) in [4.78, 5) is 23.9. The van der Waals surface area contributed by atoms with Crippen LogP contribution in [-0.2, 0) is 19.4 Å². The van der Waals surface area contributed by atoms with Crippen LogP contribution < -0.4 is 15.4 Å². The third-order valence-corrected chi connectivity index (χ3v) is 7.42. The number of hydrogen-bond donors (Lipinski definition) is 2. The molecule has 2 N–H and O–H groups in total. The standard InChI is InChI=1S/C21H23IN2O6S/c1-3-29-21(26)24-18-11-15(17-9-10-20(25)23-17)19(12-16(18)22)30-13-5-7-14(8-6-13)31(27,28)4-2/h5-8,11-12,17H,3-4,9-10H2,1-2H3,(H,23,25)(H,24,26). The topological polar surface area (TPSA) is 111 Å². The molecule has 8 nitrogen and oxygen atoms in total. The van der Waals surface area contributed by atoms with E-state index in [4.69, 9.17) is 9.47 Å². The lowest BCUT2D eigenvalue weighted by atomic mass is 10.0. The van der Waals surface area contributed by atoms with Crippen molar-refractivity contribution in [2.24, 2.45) is 0 Å². The molecule has 1 heterocycles. The minimum Gasteiger partial charge on any atom is -0.457 e. The van der Waals surface area contributed by atoms with Crippen molar-refractivity contribution in [1.29, 1.82) is 0 Å². The van der Waals surface area contributed by atoms with Crippen molar-refractivity contribution in [2.45, 2.75) is 37.6 Å². The highest BCUT2D eigenvalue weighted by Gasteiger charge is 2.27. The summed E-state index contributed by atoms with van der Waals surface area (Å²) in [6.07, 6.45) is 0.436. The Balaban J connectivity index is 1.93. The normalized spacial score (nSPS) is 16.0. The van der Waals surface area contributed by atoms with E-state index in [1.54, 1.807) is 38.1 Å². The lowest BCUT2D eigenvalue weighted by Crippen LogP contribution is -2.20. The molecule has 10 heteroatoms. The zero-order valence-corrected chi connectivity index (χ0v) is 20.1. The first-order valence-electron chi connectivity index (χ1n) is 9.80. The number of carbonyl (C=O) groups excluding carboxylic acids is 2. The zero-order valence-electron chi connectivity index (χ0n) is 17.1. The number of benzene rings is 2. The Kier molecular flexibility index (Phi) is 7.42. The molecule has 1 fully saturated rings. The molecule has 0 saturated carbocycles. The molecule has 2 aromatic rings. The van der Waals surface area contributed by atoms with Gasteiger partial charge in [0.05, 0.1) is 29.0 Å². The Hall–Kier alpha value is -2.34. The van der Waals surface area contributed by atoms with Gasteiger partial charge in [0.15, 0.2) is 9.84 Å². The summed E-state index contributed by atoms with van der Waals surface area (Å²) in [5, 5.41) is 5.62. The molecule has 0 spiro atoms. The van der Waals surface area contributed by atoms with Gasteiger partial charge in [-0.2, -0.15) is 0 Å². The Labute approximate surface area is 194 Å². The minimum absolute atomic E-state index is 0.0197. The van der Waals surface area contributed by atoms with Crippen LogP contribution in [0.5, 0.6) is 11.5 Å². The first-order chi connectivity index (χ1) is 14.7. The fourth-order valence-corrected chi connectivity index (χ4v) is 4.62. The molecule has 166 valence electrons. The molecule has 2 amide bonds. The van der Waals surface area contributed by atoms with Crippen LogP contribution in [-0.4, -0.2) is 32.8 Å². The SMILES string of the molecule is CCOC(=O)Nc1cc(C2CCC(=O)N2)c(Oc2ccc(S(=O)(=O)CC)cc2)cc1I. The quantitative estimate of drug-likeness (QED) is 0.488. The van der Waals surface area contributed by atoms with Crippen molar-refractivity contribution < 1.29 is 27.5 Å². The second-order valence-corrected chi connectivity index (χ2v) is 10.3. The number of halogens is 1. The van der Waals surface area contributed by atoms with E-state index in [1.807, 2.05) is 0 Å². The predicted octanol–water partition coefficient (Wildman–Crippen LogP) is 4.40. The summed E-state index contributed by atoms with van der Waals surface area (Å²) in [6.45, 7) is 3.56. The van der Waals surface area contributed by atoms with Gasteiger partial charge in [-0.3, -0.25) is 10.1 Å². The molecule has 0 bridgehead atoms. The molecule has 1 unspecified atom stereocenters. The summed E-state index contributed by atoms with van der Waals surface area (Å²) >= 11 is 2.08. The van der Waals surface area contributed by atoms with Crippen LogP contribution in [0.25, 0.3) is 0 Å². The molecule has 3 rings (SSSR count). The number of carbonyl (C=O) groups is 2. The fourth-order valence-electron chi connectivity index (χ4n) is 3.16.